The molecule has 0 fully saturated rings. The number of halogens is 2. The minimum Gasteiger partial charge on any atom is -0.327 e. The highest BCUT2D eigenvalue weighted by Gasteiger charge is 2.15. The molecule has 4 aromatic rings. The summed E-state index contributed by atoms with van der Waals surface area (Å²) in [6, 6.07) is 10.9. The Morgan fingerprint density at radius 2 is 1.92 bits per heavy atom. The van der Waals surface area contributed by atoms with Gasteiger partial charge in [-0.15, -0.1) is 10.2 Å². The second-order valence-electron chi connectivity index (χ2n) is 5.49. The molecule has 0 unspecified atom stereocenters. The van der Waals surface area contributed by atoms with Gasteiger partial charge in [0, 0.05) is 23.0 Å². The summed E-state index contributed by atoms with van der Waals surface area (Å²) >= 11 is 5.81. The van der Waals surface area contributed by atoms with Gasteiger partial charge in [0.05, 0.1) is 5.52 Å². The van der Waals surface area contributed by atoms with Crippen molar-refractivity contribution in [1.82, 2.24) is 19.7 Å². The smallest absolute Gasteiger partial charge is 0.258 e. The van der Waals surface area contributed by atoms with Gasteiger partial charge in [0.2, 0.25) is 0 Å². The van der Waals surface area contributed by atoms with Gasteiger partial charge in [0.15, 0.2) is 5.65 Å². The quantitative estimate of drug-likeness (QED) is 0.596. The van der Waals surface area contributed by atoms with E-state index in [1.807, 2.05) is 0 Å². The van der Waals surface area contributed by atoms with E-state index >= 15 is 0 Å². The highest BCUT2D eigenvalue weighted by molar-refractivity contribution is 6.30. The Kier molecular flexibility index (Phi) is 3.58. The minimum absolute atomic E-state index is 0.0684. The maximum Gasteiger partial charge on any atom is 0.258 e. The van der Waals surface area contributed by atoms with Crippen LogP contribution < -0.4 is 5.32 Å². The molecule has 124 valence electrons. The average molecular weight is 356 g/mol. The summed E-state index contributed by atoms with van der Waals surface area (Å²) in [5, 5.41) is 11.8. The van der Waals surface area contributed by atoms with Crippen molar-refractivity contribution in [2.45, 2.75) is 0 Å². The standard InChI is InChI=1S/C17H11ClFN5O/c1-24-13-7-6-11(19)8-12(13)14-15(24)20-17(23-22-14)21-16(25)9-2-4-10(18)5-3-9/h2-8H,1H3,(H,20,21,23,25). The number of amides is 1. The predicted molar refractivity (Wildman–Crippen MR) is 93.2 cm³/mol. The number of hydrogen-bond donors (Lipinski definition) is 1. The van der Waals surface area contributed by atoms with Crippen molar-refractivity contribution in [2.75, 3.05) is 5.32 Å². The molecule has 8 heteroatoms. The maximum absolute atomic E-state index is 13.5. The maximum atomic E-state index is 13.5. The Balaban J connectivity index is 1.74. The number of nitrogens with one attached hydrogen (secondary N) is 1. The number of benzene rings is 2. The number of nitrogens with zero attached hydrogens (tertiary/aromatic N) is 4. The number of aryl methyl sites for hydroxylation is 1. The van der Waals surface area contributed by atoms with Crippen LogP contribution in [-0.2, 0) is 7.05 Å². The summed E-state index contributed by atoms with van der Waals surface area (Å²) in [5.41, 5.74) is 2.18. The number of rotatable bonds is 2. The third-order valence-electron chi connectivity index (χ3n) is 3.89. The average Bonchev–Trinajstić information content (AvgIpc) is 2.87. The fourth-order valence-electron chi connectivity index (χ4n) is 2.66. The first-order valence-corrected chi connectivity index (χ1v) is 7.76. The van der Waals surface area contributed by atoms with Gasteiger partial charge in [-0.1, -0.05) is 11.6 Å². The lowest BCUT2D eigenvalue weighted by atomic mass is 10.2. The molecule has 1 amide bonds. The molecule has 25 heavy (non-hydrogen) atoms. The van der Waals surface area contributed by atoms with Crippen LogP contribution >= 0.6 is 11.6 Å². The van der Waals surface area contributed by atoms with Crippen molar-refractivity contribution in [2.24, 2.45) is 7.05 Å². The van der Waals surface area contributed by atoms with Gasteiger partial charge in [-0.25, -0.2) is 4.39 Å². The van der Waals surface area contributed by atoms with E-state index in [9.17, 15) is 9.18 Å². The van der Waals surface area contributed by atoms with Crippen LogP contribution in [0.15, 0.2) is 42.5 Å². The molecule has 0 radical (unpaired) electrons. The minimum atomic E-state index is -0.373. The molecule has 0 aliphatic rings. The van der Waals surface area contributed by atoms with E-state index in [1.165, 1.54) is 12.1 Å². The molecule has 2 aromatic heterocycles. The topological polar surface area (TPSA) is 72.7 Å². The largest absolute Gasteiger partial charge is 0.327 e. The Bertz CT molecular complexity index is 1120. The van der Waals surface area contributed by atoms with E-state index in [-0.39, 0.29) is 17.7 Å². The lowest BCUT2D eigenvalue weighted by molar-refractivity contribution is 0.102. The van der Waals surface area contributed by atoms with E-state index in [1.54, 1.807) is 41.9 Å². The predicted octanol–water partition coefficient (Wildman–Crippen LogP) is 3.56. The number of anilines is 1. The molecule has 0 spiro atoms. The van der Waals surface area contributed by atoms with Crippen molar-refractivity contribution >= 4 is 45.5 Å². The van der Waals surface area contributed by atoms with Crippen LogP contribution in [0.1, 0.15) is 10.4 Å². The summed E-state index contributed by atoms with van der Waals surface area (Å²) < 4.78 is 15.3. The summed E-state index contributed by atoms with van der Waals surface area (Å²) in [5.74, 6) is -0.664. The summed E-state index contributed by atoms with van der Waals surface area (Å²) in [4.78, 5) is 16.6. The monoisotopic (exact) mass is 355 g/mol. The lowest BCUT2D eigenvalue weighted by Gasteiger charge is -2.03. The van der Waals surface area contributed by atoms with Crippen molar-refractivity contribution in [3.63, 3.8) is 0 Å². The van der Waals surface area contributed by atoms with Crippen LogP contribution in [-0.4, -0.2) is 25.7 Å². The number of hydrogen-bond acceptors (Lipinski definition) is 4. The van der Waals surface area contributed by atoms with E-state index in [0.29, 0.717) is 27.1 Å². The second-order valence-corrected chi connectivity index (χ2v) is 5.93. The molecule has 0 saturated heterocycles. The van der Waals surface area contributed by atoms with Crippen molar-refractivity contribution in [1.29, 1.82) is 0 Å². The molecule has 6 nitrogen and oxygen atoms in total. The summed E-state index contributed by atoms with van der Waals surface area (Å²) in [7, 11) is 1.79. The first-order valence-electron chi connectivity index (χ1n) is 7.38. The first-order chi connectivity index (χ1) is 12.0. The molecule has 2 aromatic carbocycles. The lowest BCUT2D eigenvalue weighted by Crippen LogP contribution is -2.14. The number of aromatic nitrogens is 4. The molecule has 2 heterocycles. The van der Waals surface area contributed by atoms with Crippen LogP contribution in [0, 0.1) is 5.82 Å². The normalized spacial score (nSPS) is 11.2. The third kappa shape index (κ3) is 2.68. The second kappa shape index (κ2) is 5.78. The van der Waals surface area contributed by atoms with E-state index in [2.05, 4.69) is 20.5 Å². The van der Waals surface area contributed by atoms with Gasteiger partial charge in [-0.05, 0) is 42.5 Å². The van der Waals surface area contributed by atoms with Crippen LogP contribution in [0.5, 0.6) is 0 Å². The summed E-state index contributed by atoms with van der Waals surface area (Å²) in [6.07, 6.45) is 0. The molecule has 1 N–H and O–H groups in total. The van der Waals surface area contributed by atoms with E-state index in [0.717, 1.165) is 5.52 Å². The molecule has 4 rings (SSSR count). The van der Waals surface area contributed by atoms with Crippen LogP contribution in [0.25, 0.3) is 22.1 Å². The van der Waals surface area contributed by atoms with Gasteiger partial charge in [0.25, 0.3) is 11.9 Å². The van der Waals surface area contributed by atoms with Gasteiger partial charge in [-0.2, -0.15) is 4.98 Å². The SMILES string of the molecule is Cn1c2ccc(F)cc2c2nnc(NC(=O)c3ccc(Cl)cc3)nc21. The first kappa shape index (κ1) is 15.5. The molecule has 0 atom stereocenters. The molecule has 0 saturated carbocycles. The Labute approximate surface area is 146 Å². The molecule has 0 aliphatic heterocycles. The highest BCUT2D eigenvalue weighted by Crippen LogP contribution is 2.26. The highest BCUT2D eigenvalue weighted by atomic mass is 35.5. The van der Waals surface area contributed by atoms with Gasteiger partial charge >= 0.3 is 0 Å². The van der Waals surface area contributed by atoms with Gasteiger partial charge in [0.1, 0.15) is 11.3 Å². The van der Waals surface area contributed by atoms with Crippen LogP contribution in [0.3, 0.4) is 0 Å². The zero-order valence-corrected chi connectivity index (χ0v) is 13.8. The Morgan fingerprint density at radius 3 is 2.68 bits per heavy atom. The fraction of sp³-hybridized carbons (Fsp3) is 0.0588. The van der Waals surface area contributed by atoms with Crippen LogP contribution in [0.4, 0.5) is 10.3 Å². The van der Waals surface area contributed by atoms with E-state index in [4.69, 9.17) is 11.6 Å². The molecular formula is C17H11ClFN5O. The van der Waals surface area contributed by atoms with Crippen molar-refractivity contribution in [3.05, 3.63) is 58.9 Å². The molecular weight excluding hydrogens is 345 g/mol. The molecule has 0 bridgehead atoms. The Morgan fingerprint density at radius 1 is 1.16 bits per heavy atom. The number of fused-ring (bicyclic) bond motifs is 3. The zero-order valence-electron chi connectivity index (χ0n) is 13.0. The fourth-order valence-corrected chi connectivity index (χ4v) is 2.78. The van der Waals surface area contributed by atoms with Gasteiger partial charge < -0.3 is 4.57 Å². The Hall–Kier alpha value is -3.06. The van der Waals surface area contributed by atoms with E-state index < -0.39 is 0 Å². The number of carbonyl (C=O) groups excluding carboxylic acids is 1. The number of carbonyl (C=O) groups is 1. The van der Waals surface area contributed by atoms with Crippen molar-refractivity contribution < 1.29 is 9.18 Å². The van der Waals surface area contributed by atoms with Gasteiger partial charge in [-0.3, -0.25) is 10.1 Å². The third-order valence-corrected chi connectivity index (χ3v) is 4.14. The zero-order chi connectivity index (χ0) is 17.6. The van der Waals surface area contributed by atoms with Crippen LogP contribution in [0.2, 0.25) is 5.02 Å². The van der Waals surface area contributed by atoms with Crippen molar-refractivity contribution in [3.8, 4) is 0 Å². The molecule has 0 aliphatic carbocycles. The summed E-state index contributed by atoms with van der Waals surface area (Å²) in [6.45, 7) is 0.